The summed E-state index contributed by atoms with van der Waals surface area (Å²) in [4.78, 5) is 19.2. The van der Waals surface area contributed by atoms with E-state index in [0.717, 1.165) is 24.3 Å². The predicted octanol–water partition coefficient (Wildman–Crippen LogP) is 4.28. The highest BCUT2D eigenvalue weighted by atomic mass is 32.1. The number of rotatable bonds is 3. The molecule has 1 aromatic heterocycles. The maximum absolute atomic E-state index is 13.9. The topological polar surface area (TPSA) is 33.2 Å². The summed E-state index contributed by atoms with van der Waals surface area (Å²) in [5, 5.41) is 2.87. The second-order valence-corrected chi connectivity index (χ2v) is 7.42. The summed E-state index contributed by atoms with van der Waals surface area (Å²) in [7, 11) is 0. The number of aromatic nitrogens is 1. The summed E-state index contributed by atoms with van der Waals surface area (Å²) in [6.45, 7) is 0.700. The first-order valence-electron chi connectivity index (χ1n) is 8.30. The third kappa shape index (κ3) is 2.73. The van der Waals surface area contributed by atoms with Crippen molar-refractivity contribution in [1.29, 1.82) is 0 Å². The van der Waals surface area contributed by atoms with Gasteiger partial charge in [0.1, 0.15) is 16.6 Å². The number of amides is 1. The lowest BCUT2D eigenvalue weighted by molar-refractivity contribution is -0.136. The zero-order valence-electron chi connectivity index (χ0n) is 13.1. The minimum Gasteiger partial charge on any atom is -0.333 e. The summed E-state index contributed by atoms with van der Waals surface area (Å²) in [6, 6.07) is 3.89. The van der Waals surface area contributed by atoms with Crippen LogP contribution in [0.5, 0.6) is 0 Å². The first kappa shape index (κ1) is 15.7. The number of carbonyl (C=O) groups excluding carboxylic acids is 1. The molecule has 1 saturated heterocycles. The van der Waals surface area contributed by atoms with Crippen LogP contribution in [0.1, 0.15) is 48.2 Å². The first-order valence-corrected chi connectivity index (χ1v) is 9.18. The Morgan fingerprint density at radius 3 is 2.75 bits per heavy atom. The smallest absolute Gasteiger partial charge is 0.226 e. The van der Waals surface area contributed by atoms with Gasteiger partial charge in [-0.15, -0.1) is 11.3 Å². The molecule has 0 bridgehead atoms. The van der Waals surface area contributed by atoms with Crippen molar-refractivity contribution in [2.75, 3.05) is 6.54 Å². The zero-order valence-corrected chi connectivity index (χ0v) is 13.9. The molecular formula is C18H18F2N2OS. The number of hydrogen-bond acceptors (Lipinski definition) is 3. The molecule has 0 spiro atoms. The van der Waals surface area contributed by atoms with Crippen LogP contribution >= 0.6 is 11.3 Å². The van der Waals surface area contributed by atoms with Crippen molar-refractivity contribution in [1.82, 2.24) is 9.88 Å². The normalized spacial score (nSPS) is 26.4. The molecule has 2 aliphatic rings. The molecule has 4 rings (SSSR count). The van der Waals surface area contributed by atoms with E-state index in [4.69, 9.17) is 0 Å². The minimum atomic E-state index is -0.551. The summed E-state index contributed by atoms with van der Waals surface area (Å²) < 4.78 is 27.9. The summed E-state index contributed by atoms with van der Waals surface area (Å²) in [6.07, 6.45) is 5.23. The second-order valence-electron chi connectivity index (χ2n) is 6.50. The molecule has 3 atom stereocenters. The van der Waals surface area contributed by atoms with Crippen molar-refractivity contribution in [3.63, 3.8) is 0 Å². The maximum atomic E-state index is 13.9. The van der Waals surface area contributed by atoms with E-state index in [1.54, 1.807) is 17.5 Å². The first-order chi connectivity index (χ1) is 11.7. The van der Waals surface area contributed by atoms with E-state index < -0.39 is 11.6 Å². The molecule has 2 heterocycles. The van der Waals surface area contributed by atoms with Crippen LogP contribution in [-0.2, 0) is 4.79 Å². The molecule has 1 aliphatic heterocycles. The van der Waals surface area contributed by atoms with Gasteiger partial charge >= 0.3 is 0 Å². The SMILES string of the molecule is O=C([C@@H]1C[C@H]1c1c(F)cccc1F)N1CCCC[C@H]1c1nccs1. The van der Waals surface area contributed by atoms with Gasteiger partial charge in [-0.05, 0) is 37.8 Å². The molecule has 2 fully saturated rings. The highest BCUT2D eigenvalue weighted by molar-refractivity contribution is 7.09. The van der Waals surface area contributed by atoms with Crippen LogP contribution in [0, 0.1) is 17.6 Å². The Morgan fingerprint density at radius 1 is 1.25 bits per heavy atom. The number of likely N-dealkylation sites (tertiary alicyclic amines) is 1. The van der Waals surface area contributed by atoms with Gasteiger partial charge in [-0.3, -0.25) is 4.79 Å². The largest absolute Gasteiger partial charge is 0.333 e. The molecule has 0 unspecified atom stereocenters. The van der Waals surface area contributed by atoms with E-state index >= 15 is 0 Å². The average Bonchev–Trinajstić information content (AvgIpc) is 3.16. The van der Waals surface area contributed by atoms with Gasteiger partial charge in [-0.2, -0.15) is 0 Å². The molecule has 6 heteroatoms. The van der Waals surface area contributed by atoms with Crippen molar-refractivity contribution in [3.8, 4) is 0 Å². The number of thiazole rings is 1. The molecule has 0 N–H and O–H groups in total. The third-order valence-electron chi connectivity index (χ3n) is 5.00. The monoisotopic (exact) mass is 348 g/mol. The molecule has 3 nitrogen and oxygen atoms in total. The quantitative estimate of drug-likeness (QED) is 0.829. The van der Waals surface area contributed by atoms with Gasteiger partial charge < -0.3 is 4.90 Å². The molecule has 126 valence electrons. The highest BCUT2D eigenvalue weighted by Gasteiger charge is 2.49. The van der Waals surface area contributed by atoms with Crippen LogP contribution in [0.3, 0.4) is 0 Å². The fourth-order valence-electron chi connectivity index (χ4n) is 3.72. The maximum Gasteiger partial charge on any atom is 0.226 e. The van der Waals surface area contributed by atoms with Crippen molar-refractivity contribution in [2.45, 2.75) is 37.6 Å². The van der Waals surface area contributed by atoms with Crippen molar-refractivity contribution >= 4 is 17.2 Å². The van der Waals surface area contributed by atoms with Gasteiger partial charge in [-0.25, -0.2) is 13.8 Å². The number of piperidine rings is 1. The lowest BCUT2D eigenvalue weighted by atomic mass is 10.0. The minimum absolute atomic E-state index is 0.0120. The van der Waals surface area contributed by atoms with E-state index in [1.807, 2.05) is 10.3 Å². The van der Waals surface area contributed by atoms with Crippen molar-refractivity contribution < 1.29 is 13.6 Å². The standard InChI is InChI=1S/C18H18F2N2OS/c19-13-4-3-5-14(20)16(13)11-10-12(11)18(23)22-8-2-1-6-15(22)17-21-7-9-24-17/h3-5,7,9,11-12,15H,1-2,6,8,10H2/t11-,12-,15+/m1/s1. The Kier molecular flexibility index (Phi) is 4.08. The van der Waals surface area contributed by atoms with Crippen LogP contribution in [-0.4, -0.2) is 22.3 Å². The van der Waals surface area contributed by atoms with Crippen LogP contribution in [0.4, 0.5) is 8.78 Å². The lowest BCUT2D eigenvalue weighted by Gasteiger charge is -2.34. The molecule has 1 amide bonds. The molecule has 24 heavy (non-hydrogen) atoms. The highest BCUT2D eigenvalue weighted by Crippen LogP contribution is 2.51. The number of nitrogens with zero attached hydrogens (tertiary/aromatic N) is 2. The van der Waals surface area contributed by atoms with Crippen LogP contribution < -0.4 is 0 Å². The molecule has 1 aliphatic carbocycles. The molecule has 1 aromatic carbocycles. The van der Waals surface area contributed by atoms with Gasteiger partial charge in [0.25, 0.3) is 0 Å². The van der Waals surface area contributed by atoms with Crippen LogP contribution in [0.25, 0.3) is 0 Å². The Hall–Kier alpha value is -1.82. The number of hydrogen-bond donors (Lipinski definition) is 0. The van der Waals surface area contributed by atoms with Gasteiger partial charge in [0, 0.05) is 35.5 Å². The molecule has 1 saturated carbocycles. The van der Waals surface area contributed by atoms with E-state index in [-0.39, 0.29) is 29.3 Å². The molecule has 2 aromatic rings. The predicted molar refractivity (Wildman–Crippen MR) is 87.6 cm³/mol. The van der Waals surface area contributed by atoms with Gasteiger partial charge in [0.15, 0.2) is 0 Å². The van der Waals surface area contributed by atoms with Crippen molar-refractivity contribution in [3.05, 3.63) is 52.0 Å². The van der Waals surface area contributed by atoms with E-state index in [1.165, 1.54) is 18.2 Å². The number of carbonyl (C=O) groups is 1. The zero-order chi connectivity index (χ0) is 16.7. The summed E-state index contributed by atoms with van der Waals surface area (Å²) in [5.74, 6) is -1.73. The average molecular weight is 348 g/mol. The second kappa shape index (κ2) is 6.24. The molecular weight excluding hydrogens is 330 g/mol. The number of halogens is 2. The molecule has 0 radical (unpaired) electrons. The number of benzene rings is 1. The van der Waals surface area contributed by atoms with Crippen LogP contribution in [0.2, 0.25) is 0 Å². The third-order valence-corrected chi connectivity index (χ3v) is 5.88. The van der Waals surface area contributed by atoms with Crippen LogP contribution in [0.15, 0.2) is 29.8 Å². The Morgan fingerprint density at radius 2 is 2.04 bits per heavy atom. The van der Waals surface area contributed by atoms with E-state index in [9.17, 15) is 13.6 Å². The fourth-order valence-corrected chi connectivity index (χ4v) is 4.50. The Balaban J connectivity index is 1.54. The van der Waals surface area contributed by atoms with E-state index in [2.05, 4.69) is 4.98 Å². The fraction of sp³-hybridized carbons (Fsp3) is 0.444. The summed E-state index contributed by atoms with van der Waals surface area (Å²) in [5.41, 5.74) is 0.0682. The van der Waals surface area contributed by atoms with Gasteiger partial charge in [0.2, 0.25) is 5.91 Å². The Bertz CT molecular complexity index is 729. The summed E-state index contributed by atoms with van der Waals surface area (Å²) >= 11 is 1.56. The van der Waals surface area contributed by atoms with Gasteiger partial charge in [0.05, 0.1) is 6.04 Å². The van der Waals surface area contributed by atoms with Crippen molar-refractivity contribution in [2.24, 2.45) is 5.92 Å². The Labute approximate surface area is 143 Å². The lowest BCUT2D eigenvalue weighted by Crippen LogP contribution is -2.39. The van der Waals surface area contributed by atoms with E-state index in [0.29, 0.717) is 13.0 Å². The van der Waals surface area contributed by atoms with Gasteiger partial charge in [-0.1, -0.05) is 6.07 Å².